The van der Waals surface area contributed by atoms with E-state index in [9.17, 15) is 4.79 Å². The molecule has 5 heteroatoms. The standard InChI is InChI=1S/C14H29N3O2/c1-13(2)12-16(10-11-19-3)7-4-14(18)17-8-5-15-6-9-17/h13,15H,4-12H2,1-3H3. The number of amides is 1. The Labute approximate surface area is 117 Å². The van der Waals surface area contributed by atoms with E-state index in [1.807, 2.05) is 4.90 Å². The van der Waals surface area contributed by atoms with E-state index < -0.39 is 0 Å². The van der Waals surface area contributed by atoms with E-state index in [4.69, 9.17) is 4.74 Å². The van der Waals surface area contributed by atoms with Crippen molar-refractivity contribution in [3.8, 4) is 0 Å². The topological polar surface area (TPSA) is 44.8 Å². The van der Waals surface area contributed by atoms with E-state index in [0.29, 0.717) is 12.3 Å². The summed E-state index contributed by atoms with van der Waals surface area (Å²) in [7, 11) is 1.72. The second-order valence-electron chi connectivity index (χ2n) is 5.57. The van der Waals surface area contributed by atoms with Crippen molar-refractivity contribution in [2.45, 2.75) is 20.3 Å². The molecule has 1 aliphatic heterocycles. The van der Waals surface area contributed by atoms with Gasteiger partial charge < -0.3 is 19.9 Å². The van der Waals surface area contributed by atoms with Crippen LogP contribution in [0.5, 0.6) is 0 Å². The lowest BCUT2D eigenvalue weighted by molar-refractivity contribution is -0.132. The Kier molecular flexibility index (Phi) is 8.02. The minimum atomic E-state index is 0.285. The Hall–Kier alpha value is -0.650. The van der Waals surface area contributed by atoms with Gasteiger partial charge in [-0.05, 0) is 5.92 Å². The maximum atomic E-state index is 12.1. The number of rotatable bonds is 8. The molecule has 1 saturated heterocycles. The Morgan fingerprint density at radius 3 is 2.58 bits per heavy atom. The predicted molar refractivity (Wildman–Crippen MR) is 77.2 cm³/mol. The minimum absolute atomic E-state index is 0.285. The Balaban J connectivity index is 2.30. The zero-order valence-electron chi connectivity index (χ0n) is 12.7. The van der Waals surface area contributed by atoms with Gasteiger partial charge in [0.2, 0.25) is 5.91 Å². The molecule has 1 fully saturated rings. The number of carbonyl (C=O) groups excluding carboxylic acids is 1. The van der Waals surface area contributed by atoms with Crippen LogP contribution < -0.4 is 5.32 Å². The van der Waals surface area contributed by atoms with E-state index in [1.54, 1.807) is 7.11 Å². The third-order valence-corrected chi connectivity index (χ3v) is 3.35. The zero-order valence-corrected chi connectivity index (χ0v) is 12.7. The molecule has 1 amide bonds. The van der Waals surface area contributed by atoms with Crippen LogP contribution >= 0.6 is 0 Å². The van der Waals surface area contributed by atoms with E-state index in [-0.39, 0.29) is 5.91 Å². The van der Waals surface area contributed by atoms with E-state index in [2.05, 4.69) is 24.1 Å². The normalized spacial score (nSPS) is 16.4. The van der Waals surface area contributed by atoms with Gasteiger partial charge in [-0.25, -0.2) is 0 Å². The van der Waals surface area contributed by atoms with Crippen LogP contribution in [-0.4, -0.2) is 75.2 Å². The molecule has 0 spiro atoms. The van der Waals surface area contributed by atoms with Crippen molar-refractivity contribution in [3.63, 3.8) is 0 Å². The van der Waals surface area contributed by atoms with Crippen molar-refractivity contribution < 1.29 is 9.53 Å². The van der Waals surface area contributed by atoms with E-state index in [0.717, 1.165) is 52.4 Å². The third-order valence-electron chi connectivity index (χ3n) is 3.35. The summed E-state index contributed by atoms with van der Waals surface area (Å²) in [5.74, 6) is 0.902. The molecule has 112 valence electrons. The molecule has 0 aliphatic carbocycles. The van der Waals surface area contributed by atoms with Gasteiger partial charge in [-0.1, -0.05) is 13.8 Å². The molecule has 19 heavy (non-hydrogen) atoms. The van der Waals surface area contributed by atoms with Crippen molar-refractivity contribution in [2.24, 2.45) is 5.92 Å². The van der Waals surface area contributed by atoms with Gasteiger partial charge in [0.25, 0.3) is 0 Å². The van der Waals surface area contributed by atoms with Gasteiger partial charge in [-0.3, -0.25) is 4.79 Å². The van der Waals surface area contributed by atoms with Gasteiger partial charge in [-0.2, -0.15) is 0 Å². The molecule has 1 aliphatic rings. The number of methoxy groups -OCH3 is 1. The zero-order chi connectivity index (χ0) is 14.1. The summed E-state index contributed by atoms with van der Waals surface area (Å²) in [4.78, 5) is 16.4. The number of hydrogen-bond donors (Lipinski definition) is 1. The lowest BCUT2D eigenvalue weighted by atomic mass is 10.2. The van der Waals surface area contributed by atoms with Crippen LogP contribution in [0.2, 0.25) is 0 Å². The number of nitrogens with zero attached hydrogens (tertiary/aromatic N) is 2. The van der Waals surface area contributed by atoms with E-state index in [1.165, 1.54) is 0 Å². The number of piperazine rings is 1. The fourth-order valence-corrected chi connectivity index (χ4v) is 2.36. The Morgan fingerprint density at radius 2 is 2.00 bits per heavy atom. The van der Waals surface area contributed by atoms with Crippen molar-refractivity contribution in [3.05, 3.63) is 0 Å². The third kappa shape index (κ3) is 6.89. The highest BCUT2D eigenvalue weighted by molar-refractivity contribution is 5.76. The van der Waals surface area contributed by atoms with Crippen molar-refractivity contribution in [1.82, 2.24) is 15.1 Å². The van der Waals surface area contributed by atoms with Crippen molar-refractivity contribution >= 4 is 5.91 Å². The Morgan fingerprint density at radius 1 is 1.32 bits per heavy atom. The van der Waals surface area contributed by atoms with Gasteiger partial charge >= 0.3 is 0 Å². The molecular weight excluding hydrogens is 242 g/mol. The second-order valence-corrected chi connectivity index (χ2v) is 5.57. The molecule has 0 unspecified atom stereocenters. The highest BCUT2D eigenvalue weighted by Gasteiger charge is 2.17. The second kappa shape index (κ2) is 9.28. The molecular formula is C14H29N3O2. The average Bonchev–Trinajstić information content (AvgIpc) is 2.42. The monoisotopic (exact) mass is 271 g/mol. The molecule has 0 aromatic carbocycles. The molecule has 0 radical (unpaired) electrons. The average molecular weight is 271 g/mol. The molecule has 5 nitrogen and oxygen atoms in total. The summed E-state index contributed by atoms with van der Waals surface area (Å²) in [5, 5.41) is 3.27. The van der Waals surface area contributed by atoms with Gasteiger partial charge in [0.15, 0.2) is 0 Å². The van der Waals surface area contributed by atoms with Crippen LogP contribution in [0.1, 0.15) is 20.3 Å². The maximum Gasteiger partial charge on any atom is 0.223 e. The van der Waals surface area contributed by atoms with Crippen LogP contribution in [0.4, 0.5) is 0 Å². The molecule has 1 N–H and O–H groups in total. The van der Waals surface area contributed by atoms with Gasteiger partial charge in [0.05, 0.1) is 6.61 Å². The fraction of sp³-hybridized carbons (Fsp3) is 0.929. The largest absolute Gasteiger partial charge is 0.383 e. The molecule has 0 bridgehead atoms. The SMILES string of the molecule is COCCN(CCC(=O)N1CCNCC1)CC(C)C. The summed E-state index contributed by atoms with van der Waals surface area (Å²) >= 11 is 0. The molecule has 0 saturated carbocycles. The van der Waals surface area contributed by atoms with Crippen LogP contribution in [0.3, 0.4) is 0 Å². The number of nitrogens with one attached hydrogen (secondary N) is 1. The maximum absolute atomic E-state index is 12.1. The predicted octanol–water partition coefficient (Wildman–Crippen LogP) is 0.413. The first kappa shape index (κ1) is 16.4. The summed E-state index contributed by atoms with van der Waals surface area (Å²) in [6.07, 6.45) is 0.621. The lowest BCUT2D eigenvalue weighted by Crippen LogP contribution is -2.47. The quantitative estimate of drug-likeness (QED) is 0.695. The van der Waals surface area contributed by atoms with Crippen LogP contribution in [-0.2, 0) is 9.53 Å². The molecule has 1 heterocycles. The number of hydrogen-bond acceptors (Lipinski definition) is 4. The van der Waals surface area contributed by atoms with Gasteiger partial charge in [0, 0.05) is 59.3 Å². The molecule has 0 aromatic rings. The summed E-state index contributed by atoms with van der Waals surface area (Å²) in [5.41, 5.74) is 0. The Bertz CT molecular complexity index is 253. The van der Waals surface area contributed by atoms with E-state index >= 15 is 0 Å². The summed E-state index contributed by atoms with van der Waals surface area (Å²) in [6, 6.07) is 0. The summed E-state index contributed by atoms with van der Waals surface area (Å²) < 4.78 is 5.13. The van der Waals surface area contributed by atoms with Gasteiger partial charge in [-0.15, -0.1) is 0 Å². The molecule has 0 atom stereocenters. The first-order valence-corrected chi connectivity index (χ1v) is 7.33. The number of ether oxygens (including phenoxy) is 1. The first-order valence-electron chi connectivity index (χ1n) is 7.33. The highest BCUT2D eigenvalue weighted by atomic mass is 16.5. The van der Waals surface area contributed by atoms with Crippen LogP contribution in [0, 0.1) is 5.92 Å². The smallest absolute Gasteiger partial charge is 0.223 e. The minimum Gasteiger partial charge on any atom is -0.383 e. The van der Waals surface area contributed by atoms with Crippen molar-refractivity contribution in [1.29, 1.82) is 0 Å². The van der Waals surface area contributed by atoms with Crippen molar-refractivity contribution in [2.75, 3.05) is 59.5 Å². The fourth-order valence-electron chi connectivity index (χ4n) is 2.36. The van der Waals surface area contributed by atoms with Crippen LogP contribution in [0.25, 0.3) is 0 Å². The molecule has 0 aromatic heterocycles. The molecule has 1 rings (SSSR count). The number of carbonyl (C=O) groups is 1. The lowest BCUT2D eigenvalue weighted by Gasteiger charge is -2.29. The van der Waals surface area contributed by atoms with Gasteiger partial charge in [0.1, 0.15) is 0 Å². The van der Waals surface area contributed by atoms with Crippen LogP contribution in [0.15, 0.2) is 0 Å². The first-order chi connectivity index (χ1) is 9.13. The summed E-state index contributed by atoms with van der Waals surface area (Å²) in [6.45, 7) is 11.5. The highest BCUT2D eigenvalue weighted by Crippen LogP contribution is 2.03.